The molecule has 0 fully saturated rings. The van der Waals surface area contributed by atoms with Crippen LogP contribution < -0.4 is 0 Å². The fourth-order valence-corrected chi connectivity index (χ4v) is 1.33. The van der Waals surface area contributed by atoms with Crippen LogP contribution >= 0.6 is 0 Å². The minimum Gasteiger partial charge on any atom is -0.464 e. The van der Waals surface area contributed by atoms with Crippen LogP contribution in [-0.4, -0.2) is 34.4 Å². The number of esters is 2. The fourth-order valence-electron chi connectivity index (χ4n) is 1.33. The normalized spacial score (nSPS) is 11.6. The lowest BCUT2D eigenvalue weighted by Gasteiger charge is -2.17. The highest BCUT2D eigenvalue weighted by atomic mass is 16.6. The number of rotatable bonds is 3. The highest BCUT2D eigenvalue weighted by Crippen LogP contribution is 2.10. The number of carbonyl (C=O) groups is 2. The van der Waals surface area contributed by atoms with Crippen molar-refractivity contribution in [3.8, 4) is 0 Å². The summed E-state index contributed by atoms with van der Waals surface area (Å²) in [4.78, 5) is 22.8. The zero-order chi connectivity index (χ0) is 14.6. The highest BCUT2D eigenvalue weighted by Gasteiger charge is 2.15. The maximum atomic E-state index is 11.5. The first-order valence-electron chi connectivity index (χ1n) is 5.76. The molecule has 0 aliphatic heterocycles. The summed E-state index contributed by atoms with van der Waals surface area (Å²) in [6, 6.07) is 1.53. The first-order valence-corrected chi connectivity index (χ1v) is 5.76. The van der Waals surface area contributed by atoms with Gasteiger partial charge in [0, 0.05) is 13.1 Å². The van der Waals surface area contributed by atoms with E-state index in [0.29, 0.717) is 5.69 Å². The Bertz CT molecular complexity index is 509. The van der Waals surface area contributed by atoms with Crippen LogP contribution in [0.3, 0.4) is 0 Å². The molecule has 0 saturated heterocycles. The van der Waals surface area contributed by atoms with Gasteiger partial charge < -0.3 is 9.47 Å². The van der Waals surface area contributed by atoms with Gasteiger partial charge in [-0.05, 0) is 32.9 Å². The van der Waals surface area contributed by atoms with Gasteiger partial charge >= 0.3 is 11.9 Å². The summed E-state index contributed by atoms with van der Waals surface area (Å²) in [6.07, 6.45) is 2.83. The molecular weight excluding hydrogens is 248 g/mol. The molecule has 0 spiro atoms. The van der Waals surface area contributed by atoms with E-state index in [-0.39, 0.29) is 5.69 Å². The number of nitrogens with zero attached hydrogens (tertiary/aromatic N) is 2. The molecule has 0 amide bonds. The number of aromatic nitrogens is 2. The van der Waals surface area contributed by atoms with Gasteiger partial charge in [-0.1, -0.05) is 0 Å². The Kier molecular flexibility index (Phi) is 4.47. The molecule has 104 valence electrons. The van der Waals surface area contributed by atoms with Crippen molar-refractivity contribution in [2.45, 2.75) is 26.4 Å². The largest absolute Gasteiger partial charge is 0.464 e. The van der Waals surface area contributed by atoms with Gasteiger partial charge in [0.25, 0.3) is 0 Å². The van der Waals surface area contributed by atoms with Crippen LogP contribution in [0.2, 0.25) is 0 Å². The third-order valence-electron chi connectivity index (χ3n) is 2.11. The number of hydrogen-bond donors (Lipinski definition) is 0. The standard InChI is InChI=1S/C13H18N2O4/c1-13(2,3)19-11(16)7-6-9-8-10(12(17)18-5)14-15(9)4/h6-8H,1-5H3. The van der Waals surface area contributed by atoms with Crippen molar-refractivity contribution in [1.82, 2.24) is 9.78 Å². The molecule has 0 bridgehead atoms. The van der Waals surface area contributed by atoms with E-state index < -0.39 is 17.5 Å². The Balaban J connectivity index is 2.80. The number of aryl methyl sites for hydroxylation is 1. The fraction of sp³-hybridized carbons (Fsp3) is 0.462. The van der Waals surface area contributed by atoms with E-state index in [1.807, 2.05) is 0 Å². The third kappa shape index (κ3) is 4.57. The van der Waals surface area contributed by atoms with E-state index in [1.54, 1.807) is 27.8 Å². The van der Waals surface area contributed by atoms with Gasteiger partial charge in [0.2, 0.25) is 0 Å². The summed E-state index contributed by atoms with van der Waals surface area (Å²) in [5.74, 6) is -0.971. The minimum absolute atomic E-state index is 0.189. The molecule has 0 radical (unpaired) electrons. The van der Waals surface area contributed by atoms with Crippen molar-refractivity contribution in [3.63, 3.8) is 0 Å². The van der Waals surface area contributed by atoms with Crippen molar-refractivity contribution in [3.05, 3.63) is 23.5 Å². The monoisotopic (exact) mass is 266 g/mol. The summed E-state index contributed by atoms with van der Waals surface area (Å²) in [5, 5.41) is 3.97. The number of carbonyl (C=O) groups excluding carboxylic acids is 2. The molecule has 1 rings (SSSR count). The second-order valence-corrected chi connectivity index (χ2v) is 4.94. The Morgan fingerprint density at radius 1 is 1.37 bits per heavy atom. The van der Waals surface area contributed by atoms with Gasteiger partial charge in [0.05, 0.1) is 12.8 Å². The second-order valence-electron chi connectivity index (χ2n) is 4.94. The van der Waals surface area contributed by atoms with Gasteiger partial charge in [-0.25, -0.2) is 9.59 Å². The molecular formula is C13H18N2O4. The molecule has 1 heterocycles. The van der Waals surface area contributed by atoms with E-state index in [4.69, 9.17) is 4.74 Å². The maximum absolute atomic E-state index is 11.5. The van der Waals surface area contributed by atoms with Crippen LogP contribution in [0.5, 0.6) is 0 Å². The van der Waals surface area contributed by atoms with E-state index in [2.05, 4.69) is 9.84 Å². The smallest absolute Gasteiger partial charge is 0.358 e. The summed E-state index contributed by atoms with van der Waals surface area (Å²) in [6.45, 7) is 5.37. The summed E-state index contributed by atoms with van der Waals surface area (Å²) in [7, 11) is 2.95. The highest BCUT2D eigenvalue weighted by molar-refractivity contribution is 5.89. The SMILES string of the molecule is COC(=O)c1cc(C=CC(=O)OC(C)(C)C)n(C)n1. The van der Waals surface area contributed by atoms with Gasteiger partial charge in [-0.3, -0.25) is 4.68 Å². The predicted octanol–water partition coefficient (Wildman–Crippen LogP) is 1.56. The van der Waals surface area contributed by atoms with Crippen molar-refractivity contribution < 1.29 is 19.1 Å². The molecule has 19 heavy (non-hydrogen) atoms. The molecule has 0 N–H and O–H groups in total. The lowest BCUT2D eigenvalue weighted by atomic mass is 10.2. The Morgan fingerprint density at radius 3 is 2.53 bits per heavy atom. The van der Waals surface area contributed by atoms with E-state index >= 15 is 0 Å². The van der Waals surface area contributed by atoms with Crippen LogP contribution in [0.15, 0.2) is 12.1 Å². The molecule has 0 unspecified atom stereocenters. The molecule has 1 aromatic rings. The molecule has 0 atom stereocenters. The van der Waals surface area contributed by atoms with Crippen molar-refractivity contribution in [1.29, 1.82) is 0 Å². The Morgan fingerprint density at radius 2 is 2.00 bits per heavy atom. The van der Waals surface area contributed by atoms with Crippen molar-refractivity contribution in [2.24, 2.45) is 7.05 Å². The van der Waals surface area contributed by atoms with E-state index in [1.165, 1.54) is 30.0 Å². The molecule has 6 heteroatoms. The van der Waals surface area contributed by atoms with Crippen LogP contribution in [0.1, 0.15) is 37.0 Å². The van der Waals surface area contributed by atoms with Gasteiger partial charge in [-0.2, -0.15) is 5.10 Å². The van der Waals surface area contributed by atoms with Crippen molar-refractivity contribution >= 4 is 18.0 Å². The van der Waals surface area contributed by atoms with Crippen molar-refractivity contribution in [2.75, 3.05) is 7.11 Å². The summed E-state index contributed by atoms with van der Waals surface area (Å²) in [5.41, 5.74) is 0.255. The quantitative estimate of drug-likeness (QED) is 0.613. The van der Waals surface area contributed by atoms with Crippen LogP contribution in [0, 0.1) is 0 Å². The molecule has 0 aliphatic carbocycles. The first-order chi connectivity index (χ1) is 8.73. The Labute approximate surface area is 112 Å². The predicted molar refractivity (Wildman–Crippen MR) is 69.4 cm³/mol. The van der Waals surface area contributed by atoms with E-state index in [9.17, 15) is 9.59 Å². The molecule has 1 aromatic heterocycles. The lowest BCUT2D eigenvalue weighted by Crippen LogP contribution is -2.22. The minimum atomic E-state index is -0.537. The van der Waals surface area contributed by atoms with Crippen LogP contribution in [0.25, 0.3) is 6.08 Å². The van der Waals surface area contributed by atoms with Gasteiger partial charge in [-0.15, -0.1) is 0 Å². The van der Waals surface area contributed by atoms with Gasteiger partial charge in [0.1, 0.15) is 5.60 Å². The van der Waals surface area contributed by atoms with Gasteiger partial charge in [0.15, 0.2) is 5.69 Å². The zero-order valence-electron chi connectivity index (χ0n) is 11.8. The molecule has 6 nitrogen and oxygen atoms in total. The zero-order valence-corrected chi connectivity index (χ0v) is 11.8. The lowest BCUT2D eigenvalue weighted by molar-refractivity contribution is -0.148. The third-order valence-corrected chi connectivity index (χ3v) is 2.11. The first kappa shape index (κ1) is 14.9. The second kappa shape index (κ2) is 5.69. The summed E-state index contributed by atoms with van der Waals surface area (Å²) >= 11 is 0. The molecule has 0 aromatic carbocycles. The molecule has 0 saturated carbocycles. The average Bonchev–Trinajstić information content (AvgIpc) is 2.65. The number of ether oxygens (including phenoxy) is 2. The summed E-state index contributed by atoms with van der Waals surface area (Å²) < 4.78 is 11.2. The number of hydrogen-bond acceptors (Lipinski definition) is 5. The Hall–Kier alpha value is -2.11. The van der Waals surface area contributed by atoms with Crippen LogP contribution in [0.4, 0.5) is 0 Å². The number of methoxy groups -OCH3 is 1. The average molecular weight is 266 g/mol. The van der Waals surface area contributed by atoms with Crippen LogP contribution in [-0.2, 0) is 21.3 Å². The molecule has 0 aliphatic rings. The topological polar surface area (TPSA) is 70.4 Å². The van der Waals surface area contributed by atoms with E-state index in [0.717, 1.165) is 0 Å². The maximum Gasteiger partial charge on any atom is 0.358 e.